The van der Waals surface area contributed by atoms with E-state index in [1.165, 1.54) is 12.0 Å². The minimum Gasteiger partial charge on any atom is -0.497 e. The van der Waals surface area contributed by atoms with Gasteiger partial charge in [-0.3, -0.25) is 0 Å². The Bertz CT molecular complexity index is 307. The van der Waals surface area contributed by atoms with Crippen LogP contribution in [0.25, 0.3) is 0 Å². The van der Waals surface area contributed by atoms with E-state index in [9.17, 15) is 0 Å². The summed E-state index contributed by atoms with van der Waals surface area (Å²) in [6.07, 6.45) is 2.34. The second kappa shape index (κ2) is 7.33. The highest BCUT2D eigenvalue weighted by molar-refractivity contribution is 5.29. The van der Waals surface area contributed by atoms with Crippen LogP contribution < -0.4 is 10.1 Å². The van der Waals surface area contributed by atoms with Gasteiger partial charge in [-0.1, -0.05) is 39.3 Å². The number of benzene rings is 1. The highest BCUT2D eigenvalue weighted by Gasteiger charge is 2.09. The third-order valence-electron chi connectivity index (χ3n) is 3.34. The first-order valence-corrected chi connectivity index (χ1v) is 6.58. The smallest absolute Gasteiger partial charge is 0.118 e. The van der Waals surface area contributed by atoms with Crippen molar-refractivity contribution in [2.45, 2.75) is 39.7 Å². The van der Waals surface area contributed by atoms with Gasteiger partial charge >= 0.3 is 0 Å². The van der Waals surface area contributed by atoms with Crippen molar-refractivity contribution in [2.75, 3.05) is 13.7 Å². The van der Waals surface area contributed by atoms with E-state index in [0.717, 1.165) is 24.6 Å². The quantitative estimate of drug-likeness (QED) is 0.776. The van der Waals surface area contributed by atoms with Gasteiger partial charge < -0.3 is 10.1 Å². The molecule has 1 aromatic rings. The topological polar surface area (TPSA) is 21.3 Å². The summed E-state index contributed by atoms with van der Waals surface area (Å²) in [6.45, 7) is 7.83. The number of nitrogens with one attached hydrogen (secondary N) is 1. The van der Waals surface area contributed by atoms with Gasteiger partial charge in [-0.2, -0.15) is 0 Å². The van der Waals surface area contributed by atoms with Gasteiger partial charge in [-0.25, -0.2) is 0 Å². The van der Waals surface area contributed by atoms with Gasteiger partial charge in [0.1, 0.15) is 5.75 Å². The maximum Gasteiger partial charge on any atom is 0.118 e. The number of ether oxygens (including phenoxy) is 1. The van der Waals surface area contributed by atoms with Crippen molar-refractivity contribution in [1.29, 1.82) is 0 Å². The summed E-state index contributed by atoms with van der Waals surface area (Å²) < 4.78 is 5.18. The lowest BCUT2D eigenvalue weighted by molar-refractivity contribution is 0.413. The molecule has 0 aliphatic rings. The van der Waals surface area contributed by atoms with Gasteiger partial charge in [0.05, 0.1) is 7.11 Å². The predicted molar refractivity (Wildman–Crippen MR) is 73.5 cm³/mol. The Labute approximate surface area is 105 Å². The lowest BCUT2D eigenvalue weighted by atomic mass is 10.0. The maximum absolute atomic E-state index is 5.18. The molecule has 0 saturated carbocycles. The van der Waals surface area contributed by atoms with Crippen LogP contribution in [0.4, 0.5) is 0 Å². The van der Waals surface area contributed by atoms with Gasteiger partial charge in [-0.15, -0.1) is 0 Å². The number of methoxy groups -OCH3 is 1. The van der Waals surface area contributed by atoms with Crippen LogP contribution in [0.15, 0.2) is 24.3 Å². The van der Waals surface area contributed by atoms with Crippen molar-refractivity contribution in [3.8, 4) is 5.75 Å². The SMILES string of the molecule is CCC(C)CNC(CC)c1ccc(OC)cc1. The minimum absolute atomic E-state index is 0.454. The molecule has 0 radical (unpaired) electrons. The summed E-state index contributed by atoms with van der Waals surface area (Å²) in [6, 6.07) is 8.81. The maximum atomic E-state index is 5.18. The summed E-state index contributed by atoms with van der Waals surface area (Å²) >= 11 is 0. The standard InChI is InChI=1S/C15H25NO/c1-5-12(3)11-16-15(6-2)13-7-9-14(17-4)10-8-13/h7-10,12,15-16H,5-6,11H2,1-4H3. The predicted octanol–water partition coefficient (Wildman–Crippen LogP) is 3.78. The fourth-order valence-electron chi connectivity index (χ4n) is 1.82. The largest absolute Gasteiger partial charge is 0.497 e. The Morgan fingerprint density at radius 3 is 2.24 bits per heavy atom. The van der Waals surface area contributed by atoms with Crippen molar-refractivity contribution < 1.29 is 4.74 Å². The molecule has 17 heavy (non-hydrogen) atoms. The molecule has 0 aliphatic carbocycles. The summed E-state index contributed by atoms with van der Waals surface area (Å²) in [5.74, 6) is 1.66. The zero-order valence-corrected chi connectivity index (χ0v) is 11.5. The Kier molecular flexibility index (Phi) is 6.06. The monoisotopic (exact) mass is 235 g/mol. The van der Waals surface area contributed by atoms with Crippen LogP contribution in [0.3, 0.4) is 0 Å². The Morgan fingerprint density at radius 1 is 1.12 bits per heavy atom. The molecule has 2 unspecified atom stereocenters. The first-order valence-electron chi connectivity index (χ1n) is 6.58. The second-order valence-corrected chi connectivity index (χ2v) is 4.66. The molecule has 1 rings (SSSR count). The number of hydrogen-bond donors (Lipinski definition) is 1. The van der Waals surface area contributed by atoms with Crippen LogP contribution in [-0.4, -0.2) is 13.7 Å². The first-order chi connectivity index (χ1) is 8.21. The van der Waals surface area contributed by atoms with Crippen molar-refractivity contribution >= 4 is 0 Å². The van der Waals surface area contributed by atoms with Crippen molar-refractivity contribution in [2.24, 2.45) is 5.92 Å². The van der Waals surface area contributed by atoms with E-state index in [2.05, 4.69) is 38.2 Å². The molecule has 2 heteroatoms. The molecule has 0 saturated heterocycles. The van der Waals surface area contributed by atoms with E-state index in [4.69, 9.17) is 4.74 Å². The minimum atomic E-state index is 0.454. The molecule has 96 valence electrons. The van der Waals surface area contributed by atoms with Crippen LogP contribution in [0.5, 0.6) is 5.75 Å². The van der Waals surface area contributed by atoms with Gasteiger partial charge in [0.2, 0.25) is 0 Å². The average Bonchev–Trinajstić information content (AvgIpc) is 2.39. The molecule has 0 amide bonds. The summed E-state index contributed by atoms with van der Waals surface area (Å²) in [4.78, 5) is 0. The van der Waals surface area contributed by atoms with Crippen molar-refractivity contribution in [3.05, 3.63) is 29.8 Å². The molecule has 0 aliphatic heterocycles. The number of hydrogen-bond acceptors (Lipinski definition) is 2. The van der Waals surface area contributed by atoms with E-state index in [1.807, 2.05) is 12.1 Å². The van der Waals surface area contributed by atoms with Crippen LogP contribution in [0.2, 0.25) is 0 Å². The summed E-state index contributed by atoms with van der Waals surface area (Å²) in [7, 11) is 1.70. The molecule has 1 aromatic carbocycles. The first kappa shape index (κ1) is 14.0. The Morgan fingerprint density at radius 2 is 1.76 bits per heavy atom. The van der Waals surface area contributed by atoms with Gasteiger partial charge in [0.25, 0.3) is 0 Å². The third-order valence-corrected chi connectivity index (χ3v) is 3.34. The van der Waals surface area contributed by atoms with E-state index in [-0.39, 0.29) is 0 Å². The Balaban J connectivity index is 2.59. The van der Waals surface area contributed by atoms with Gasteiger partial charge in [-0.05, 0) is 36.6 Å². The normalized spacial score (nSPS) is 14.4. The van der Waals surface area contributed by atoms with E-state index in [1.54, 1.807) is 7.11 Å². The molecular formula is C15H25NO. The van der Waals surface area contributed by atoms with Crippen LogP contribution in [0.1, 0.15) is 45.2 Å². The molecule has 0 bridgehead atoms. The van der Waals surface area contributed by atoms with Crippen molar-refractivity contribution in [1.82, 2.24) is 5.32 Å². The molecule has 1 N–H and O–H groups in total. The van der Waals surface area contributed by atoms with Gasteiger partial charge in [0.15, 0.2) is 0 Å². The number of rotatable bonds is 7. The van der Waals surface area contributed by atoms with Crippen LogP contribution in [0, 0.1) is 5.92 Å². The Hall–Kier alpha value is -1.02. The molecule has 0 spiro atoms. The highest BCUT2D eigenvalue weighted by Crippen LogP contribution is 2.20. The average molecular weight is 235 g/mol. The second-order valence-electron chi connectivity index (χ2n) is 4.66. The van der Waals surface area contributed by atoms with Crippen LogP contribution in [-0.2, 0) is 0 Å². The summed E-state index contributed by atoms with van der Waals surface area (Å²) in [5.41, 5.74) is 1.34. The summed E-state index contributed by atoms with van der Waals surface area (Å²) in [5, 5.41) is 3.63. The van der Waals surface area contributed by atoms with Crippen molar-refractivity contribution in [3.63, 3.8) is 0 Å². The molecule has 2 atom stereocenters. The fourth-order valence-corrected chi connectivity index (χ4v) is 1.82. The molecule has 0 aromatic heterocycles. The fraction of sp³-hybridized carbons (Fsp3) is 0.600. The molecule has 0 heterocycles. The molecule has 2 nitrogen and oxygen atoms in total. The zero-order chi connectivity index (χ0) is 12.7. The van der Waals surface area contributed by atoms with E-state index < -0.39 is 0 Å². The molecular weight excluding hydrogens is 210 g/mol. The van der Waals surface area contributed by atoms with Gasteiger partial charge in [0, 0.05) is 6.04 Å². The lowest BCUT2D eigenvalue weighted by Gasteiger charge is -2.20. The van der Waals surface area contributed by atoms with Crippen LogP contribution >= 0.6 is 0 Å². The van der Waals surface area contributed by atoms with E-state index >= 15 is 0 Å². The zero-order valence-electron chi connectivity index (χ0n) is 11.5. The highest BCUT2D eigenvalue weighted by atomic mass is 16.5. The lowest BCUT2D eigenvalue weighted by Crippen LogP contribution is -2.25. The third kappa shape index (κ3) is 4.39. The van der Waals surface area contributed by atoms with E-state index in [0.29, 0.717) is 6.04 Å². The molecule has 0 fully saturated rings.